The van der Waals surface area contributed by atoms with Gasteiger partial charge in [0.25, 0.3) is 0 Å². The first-order valence-electron chi connectivity index (χ1n) is 7.64. The van der Waals surface area contributed by atoms with E-state index in [9.17, 15) is 4.39 Å². The van der Waals surface area contributed by atoms with E-state index in [1.54, 1.807) is 6.07 Å². The minimum absolute atomic E-state index is 0.0703. The molecule has 0 bridgehead atoms. The fraction of sp³-hybridized carbons (Fsp3) is 0.625. The molecular formula is C16H27FN2O2. The molecule has 0 saturated carbocycles. The van der Waals surface area contributed by atoms with Crippen molar-refractivity contribution in [2.45, 2.75) is 33.1 Å². The summed E-state index contributed by atoms with van der Waals surface area (Å²) in [6.07, 6.45) is 2.25. The van der Waals surface area contributed by atoms with Crippen LogP contribution in [0.5, 0.6) is 11.5 Å². The van der Waals surface area contributed by atoms with Crippen LogP contribution in [0.3, 0.4) is 0 Å². The molecule has 0 amide bonds. The van der Waals surface area contributed by atoms with Gasteiger partial charge in [0, 0.05) is 6.07 Å². The van der Waals surface area contributed by atoms with Crippen molar-refractivity contribution in [1.29, 1.82) is 0 Å². The number of ether oxygens (including phenoxy) is 2. The smallest absolute Gasteiger partial charge is 0.164 e. The van der Waals surface area contributed by atoms with Gasteiger partial charge in [-0.2, -0.15) is 0 Å². The number of nitrogens with two attached hydrogens (primary N) is 2. The zero-order chi connectivity index (χ0) is 15.7. The summed E-state index contributed by atoms with van der Waals surface area (Å²) in [4.78, 5) is 0. The van der Waals surface area contributed by atoms with Crippen molar-refractivity contribution in [2.75, 3.05) is 26.3 Å². The summed E-state index contributed by atoms with van der Waals surface area (Å²) >= 11 is 0. The summed E-state index contributed by atoms with van der Waals surface area (Å²) in [6, 6.07) is 3.12. The highest BCUT2D eigenvalue weighted by Gasteiger charge is 2.15. The maximum absolute atomic E-state index is 14.2. The molecule has 120 valence electrons. The lowest BCUT2D eigenvalue weighted by atomic mass is 9.98. The van der Waals surface area contributed by atoms with E-state index in [1.165, 1.54) is 6.07 Å². The average molecular weight is 298 g/mol. The SMILES string of the molecule is CCCOc1cc(F)c(CC(CN)CN)cc1OCCC. The Kier molecular flexibility index (Phi) is 8.08. The summed E-state index contributed by atoms with van der Waals surface area (Å²) in [7, 11) is 0. The van der Waals surface area contributed by atoms with Gasteiger partial charge in [0.15, 0.2) is 11.5 Å². The van der Waals surface area contributed by atoms with Crippen molar-refractivity contribution in [3.05, 3.63) is 23.5 Å². The molecule has 0 heterocycles. The van der Waals surface area contributed by atoms with E-state index in [1.807, 2.05) is 13.8 Å². The van der Waals surface area contributed by atoms with Gasteiger partial charge in [-0.05, 0) is 49.9 Å². The Labute approximate surface area is 126 Å². The van der Waals surface area contributed by atoms with Crippen LogP contribution in [-0.4, -0.2) is 26.3 Å². The molecule has 1 aromatic rings. The molecular weight excluding hydrogens is 271 g/mol. The number of hydrogen-bond acceptors (Lipinski definition) is 4. The Bertz CT molecular complexity index is 423. The Morgan fingerprint density at radius 2 is 1.52 bits per heavy atom. The first-order valence-corrected chi connectivity index (χ1v) is 7.64. The minimum atomic E-state index is -0.295. The molecule has 0 aliphatic heterocycles. The van der Waals surface area contributed by atoms with Crippen LogP contribution in [-0.2, 0) is 6.42 Å². The molecule has 0 radical (unpaired) electrons. The largest absolute Gasteiger partial charge is 0.490 e. The third kappa shape index (κ3) is 5.52. The van der Waals surface area contributed by atoms with Crippen molar-refractivity contribution < 1.29 is 13.9 Å². The zero-order valence-electron chi connectivity index (χ0n) is 13.0. The first kappa shape index (κ1) is 17.7. The van der Waals surface area contributed by atoms with Gasteiger partial charge in [-0.3, -0.25) is 0 Å². The number of rotatable bonds is 10. The van der Waals surface area contributed by atoms with E-state index in [4.69, 9.17) is 20.9 Å². The van der Waals surface area contributed by atoms with Gasteiger partial charge in [0.2, 0.25) is 0 Å². The number of hydrogen-bond donors (Lipinski definition) is 2. The fourth-order valence-electron chi connectivity index (χ4n) is 1.96. The van der Waals surface area contributed by atoms with Crippen molar-refractivity contribution in [2.24, 2.45) is 17.4 Å². The third-order valence-electron chi connectivity index (χ3n) is 3.21. The zero-order valence-corrected chi connectivity index (χ0v) is 13.0. The fourth-order valence-corrected chi connectivity index (χ4v) is 1.96. The monoisotopic (exact) mass is 298 g/mol. The van der Waals surface area contributed by atoms with Crippen LogP contribution in [0.25, 0.3) is 0 Å². The lowest BCUT2D eigenvalue weighted by molar-refractivity contribution is 0.266. The summed E-state index contributed by atoms with van der Waals surface area (Å²) < 4.78 is 25.4. The Morgan fingerprint density at radius 3 is 2.00 bits per heavy atom. The predicted octanol–water partition coefficient (Wildman–Crippen LogP) is 2.48. The maximum Gasteiger partial charge on any atom is 0.164 e. The Balaban J connectivity index is 2.98. The van der Waals surface area contributed by atoms with Crippen LogP contribution < -0.4 is 20.9 Å². The van der Waals surface area contributed by atoms with E-state index in [-0.39, 0.29) is 11.7 Å². The predicted molar refractivity (Wildman–Crippen MR) is 83.3 cm³/mol. The van der Waals surface area contributed by atoms with Crippen LogP contribution in [0.1, 0.15) is 32.3 Å². The highest BCUT2D eigenvalue weighted by molar-refractivity contribution is 5.44. The first-order chi connectivity index (χ1) is 10.2. The second-order valence-electron chi connectivity index (χ2n) is 5.13. The van der Waals surface area contributed by atoms with E-state index in [0.29, 0.717) is 49.8 Å². The summed E-state index contributed by atoms with van der Waals surface area (Å²) in [5.41, 5.74) is 11.8. The molecule has 5 heteroatoms. The van der Waals surface area contributed by atoms with Crippen LogP contribution in [0.2, 0.25) is 0 Å². The molecule has 1 rings (SSSR count). The Hall–Kier alpha value is -1.33. The standard InChI is InChI=1S/C16H27FN2O2/c1-3-5-20-15-8-13(7-12(10-18)11-19)14(17)9-16(15)21-6-4-2/h8-9,12H,3-7,10-11,18-19H2,1-2H3. The van der Waals surface area contributed by atoms with Crippen molar-refractivity contribution in [3.63, 3.8) is 0 Å². The van der Waals surface area contributed by atoms with Crippen molar-refractivity contribution in [3.8, 4) is 11.5 Å². The lowest BCUT2D eigenvalue weighted by Crippen LogP contribution is -2.25. The highest BCUT2D eigenvalue weighted by atomic mass is 19.1. The van der Waals surface area contributed by atoms with Gasteiger partial charge in [-0.15, -0.1) is 0 Å². The quantitative estimate of drug-likeness (QED) is 0.696. The van der Waals surface area contributed by atoms with Gasteiger partial charge < -0.3 is 20.9 Å². The van der Waals surface area contributed by atoms with Gasteiger partial charge >= 0.3 is 0 Å². The van der Waals surface area contributed by atoms with Crippen LogP contribution >= 0.6 is 0 Å². The third-order valence-corrected chi connectivity index (χ3v) is 3.21. The molecule has 4 N–H and O–H groups in total. The molecule has 1 aromatic carbocycles. The normalized spacial score (nSPS) is 11.0. The average Bonchev–Trinajstić information content (AvgIpc) is 2.50. The van der Waals surface area contributed by atoms with Gasteiger partial charge in [0.05, 0.1) is 13.2 Å². The van der Waals surface area contributed by atoms with E-state index in [2.05, 4.69) is 0 Å². The molecule has 0 aromatic heterocycles. The van der Waals surface area contributed by atoms with Crippen LogP contribution in [0.15, 0.2) is 12.1 Å². The second kappa shape index (κ2) is 9.58. The van der Waals surface area contributed by atoms with Crippen LogP contribution in [0.4, 0.5) is 4.39 Å². The number of halogens is 1. The summed E-state index contributed by atoms with van der Waals surface area (Å²) in [5, 5.41) is 0. The van der Waals surface area contributed by atoms with Crippen molar-refractivity contribution >= 4 is 0 Å². The molecule has 0 fully saturated rings. The van der Waals surface area contributed by atoms with Gasteiger partial charge in [-0.1, -0.05) is 13.8 Å². The van der Waals surface area contributed by atoms with E-state index >= 15 is 0 Å². The minimum Gasteiger partial charge on any atom is -0.490 e. The van der Waals surface area contributed by atoms with Gasteiger partial charge in [0.1, 0.15) is 5.82 Å². The lowest BCUT2D eigenvalue weighted by Gasteiger charge is -2.17. The molecule has 0 spiro atoms. The van der Waals surface area contributed by atoms with E-state index < -0.39 is 0 Å². The van der Waals surface area contributed by atoms with Crippen molar-refractivity contribution in [1.82, 2.24) is 0 Å². The topological polar surface area (TPSA) is 70.5 Å². The molecule has 0 aliphatic carbocycles. The molecule has 0 atom stereocenters. The highest BCUT2D eigenvalue weighted by Crippen LogP contribution is 2.31. The van der Waals surface area contributed by atoms with E-state index in [0.717, 1.165) is 12.8 Å². The molecule has 0 saturated heterocycles. The maximum atomic E-state index is 14.2. The molecule has 21 heavy (non-hydrogen) atoms. The molecule has 4 nitrogen and oxygen atoms in total. The molecule has 0 unspecified atom stereocenters. The summed E-state index contributed by atoms with van der Waals surface area (Å²) in [5.74, 6) is 0.830. The summed E-state index contributed by atoms with van der Waals surface area (Å²) in [6.45, 7) is 6.02. The van der Waals surface area contributed by atoms with Crippen LogP contribution in [0, 0.1) is 11.7 Å². The Morgan fingerprint density at radius 1 is 1.00 bits per heavy atom. The number of benzene rings is 1. The van der Waals surface area contributed by atoms with Gasteiger partial charge in [-0.25, -0.2) is 4.39 Å². The second-order valence-corrected chi connectivity index (χ2v) is 5.13. The molecule has 0 aliphatic rings.